The number of benzene rings is 6. The fourth-order valence-electron chi connectivity index (χ4n) is 10.1. The van der Waals surface area contributed by atoms with Crippen molar-refractivity contribution >= 4 is 53.7 Å². The molecule has 0 unspecified atom stereocenters. The van der Waals surface area contributed by atoms with Gasteiger partial charge in [0.1, 0.15) is 57.2 Å². The van der Waals surface area contributed by atoms with E-state index in [9.17, 15) is 37.3 Å². The maximum Gasteiger partial charge on any atom is 0.241 e. The second-order valence-corrected chi connectivity index (χ2v) is 21.4. The molecule has 6 atom stereocenters. The molecule has 2 saturated heterocycles. The Labute approximate surface area is 408 Å². The lowest BCUT2D eigenvalue weighted by Gasteiger charge is -2.31. The molecule has 2 fully saturated rings. The van der Waals surface area contributed by atoms with Crippen LogP contribution in [0.25, 0.3) is 22.3 Å². The first-order valence-corrected chi connectivity index (χ1v) is 25.9. The van der Waals surface area contributed by atoms with Crippen LogP contribution in [0.2, 0.25) is 0 Å². The number of rotatable bonds is 14. The van der Waals surface area contributed by atoms with Crippen molar-refractivity contribution in [2.75, 3.05) is 35.9 Å². The van der Waals surface area contributed by atoms with Crippen molar-refractivity contribution < 1.29 is 56.2 Å². The van der Waals surface area contributed by atoms with E-state index in [1.165, 1.54) is 8.61 Å². The molecule has 6 aromatic rings. The first-order valence-electron chi connectivity index (χ1n) is 22.9. The molecule has 0 amide bonds. The second-order valence-electron chi connectivity index (χ2n) is 17.3. The number of ether oxygens (including phenoxy) is 4. The average Bonchev–Trinajstić information content (AvgIpc) is 4.18. The molecule has 6 aromatic carbocycles. The Balaban J connectivity index is 0.000000174. The lowest BCUT2D eigenvalue weighted by molar-refractivity contribution is 0.128. The summed E-state index contributed by atoms with van der Waals surface area (Å²) in [5, 5.41) is 37.6. The summed E-state index contributed by atoms with van der Waals surface area (Å²) < 4.78 is 81.7. The van der Waals surface area contributed by atoms with E-state index in [1.54, 1.807) is 136 Å². The zero-order chi connectivity index (χ0) is 49.5. The largest absolute Gasteiger partial charge is 0.508 e. The summed E-state index contributed by atoms with van der Waals surface area (Å²) in [6, 6.07) is 41.1. The smallest absolute Gasteiger partial charge is 0.241 e. The molecule has 4 aliphatic rings. The molecule has 0 radical (unpaired) electrons. The van der Waals surface area contributed by atoms with Gasteiger partial charge in [0.2, 0.25) is 20.0 Å². The summed E-state index contributed by atoms with van der Waals surface area (Å²) in [4.78, 5) is 0. The molecule has 4 N–H and O–H groups in total. The van der Waals surface area contributed by atoms with Gasteiger partial charge in [-0.1, -0.05) is 48.5 Å². The molecule has 14 nitrogen and oxygen atoms in total. The maximum atomic E-state index is 13.9. The minimum absolute atomic E-state index is 0.130. The van der Waals surface area contributed by atoms with Crippen molar-refractivity contribution in [3.8, 4) is 34.5 Å². The van der Waals surface area contributed by atoms with E-state index in [0.29, 0.717) is 35.7 Å². The van der Waals surface area contributed by atoms with Crippen LogP contribution in [0.5, 0.6) is 34.5 Å². The topological polar surface area (TPSA) is 193 Å². The molecular weight excluding hydrogens is 933 g/mol. The third-order valence-electron chi connectivity index (χ3n) is 13.4. The fourth-order valence-corrected chi connectivity index (χ4v) is 14.2. The van der Waals surface area contributed by atoms with Gasteiger partial charge < -0.3 is 39.4 Å². The number of aromatic hydroxyl groups is 4. The highest BCUT2D eigenvalue weighted by Gasteiger charge is 2.55. The van der Waals surface area contributed by atoms with Crippen LogP contribution >= 0.6 is 0 Å². The lowest BCUT2D eigenvalue weighted by Crippen LogP contribution is -2.43. The number of hydrogen-bond donors (Lipinski definition) is 4. The Kier molecular flexibility index (Phi) is 13.3. The van der Waals surface area contributed by atoms with Crippen LogP contribution in [-0.2, 0) is 29.5 Å². The molecule has 4 bridgehead atoms. The van der Waals surface area contributed by atoms with Gasteiger partial charge in [0.05, 0.1) is 37.8 Å². The van der Waals surface area contributed by atoms with Gasteiger partial charge >= 0.3 is 0 Å². The standard InChI is InChI=1S/2C27H27NO6S/c2*1-3-28(19-8-14-22(33-2)15-9-19)35(31,32)24-16-23-25(17-4-10-20(29)11-5-17)26(27(24)34-23)18-6-12-21(30)13-7-18/h2*4-15,23-24,27,29-30H,3,16H2,1-2H3/t2*23-,24+,27+/m10/s1. The fraction of sp³-hybridized carbons (Fsp3) is 0.259. The lowest BCUT2D eigenvalue weighted by atomic mass is 9.83. The van der Waals surface area contributed by atoms with E-state index in [4.69, 9.17) is 18.9 Å². The Hall–Kier alpha value is -6.98. The van der Waals surface area contributed by atoms with Crippen LogP contribution in [0.1, 0.15) is 48.9 Å². The number of phenolic OH excluding ortho intramolecular Hbond substituents is 4. The van der Waals surface area contributed by atoms with Gasteiger partial charge in [-0.15, -0.1) is 0 Å². The minimum Gasteiger partial charge on any atom is -0.508 e. The van der Waals surface area contributed by atoms with Crippen molar-refractivity contribution in [2.45, 2.75) is 61.6 Å². The summed E-state index contributed by atoms with van der Waals surface area (Å²) in [7, 11) is -4.41. The van der Waals surface area contributed by atoms with Crippen molar-refractivity contribution in [1.29, 1.82) is 0 Å². The van der Waals surface area contributed by atoms with Crippen LogP contribution in [0, 0.1) is 0 Å². The highest BCUT2D eigenvalue weighted by atomic mass is 32.2. The Morgan fingerprint density at radius 3 is 0.971 bits per heavy atom. The molecular formula is C54H54N2O12S2. The zero-order valence-corrected chi connectivity index (χ0v) is 40.5. The molecule has 16 heteroatoms. The number of fused-ring (bicyclic) bond motifs is 4. The molecule has 0 aliphatic carbocycles. The number of methoxy groups -OCH3 is 2. The summed E-state index contributed by atoms with van der Waals surface area (Å²) in [5.41, 5.74) is 7.91. The summed E-state index contributed by atoms with van der Waals surface area (Å²) in [6.07, 6.45) is -1.46. The second kappa shape index (κ2) is 19.4. The Morgan fingerprint density at radius 1 is 0.443 bits per heavy atom. The molecule has 4 heterocycles. The van der Waals surface area contributed by atoms with Crippen LogP contribution in [0.15, 0.2) is 146 Å². The number of nitrogens with zero attached hydrogens (tertiary/aromatic N) is 2. The Morgan fingerprint density at radius 2 is 0.714 bits per heavy atom. The first-order chi connectivity index (χ1) is 33.7. The average molecular weight is 987 g/mol. The number of phenols is 4. The quantitative estimate of drug-likeness (QED) is 0.0812. The molecule has 10 rings (SSSR count). The van der Waals surface area contributed by atoms with Crippen LogP contribution < -0.4 is 18.1 Å². The van der Waals surface area contributed by atoms with Gasteiger partial charge in [-0.2, -0.15) is 0 Å². The molecule has 70 heavy (non-hydrogen) atoms. The number of hydrogen-bond acceptors (Lipinski definition) is 12. The van der Waals surface area contributed by atoms with Crippen molar-refractivity contribution in [3.05, 3.63) is 168 Å². The van der Waals surface area contributed by atoms with Gasteiger partial charge in [-0.25, -0.2) is 16.8 Å². The summed E-state index contributed by atoms with van der Waals surface area (Å²) >= 11 is 0. The third kappa shape index (κ3) is 8.92. The monoisotopic (exact) mass is 986 g/mol. The highest BCUT2D eigenvalue weighted by molar-refractivity contribution is 7.93. The van der Waals surface area contributed by atoms with Crippen LogP contribution in [0.4, 0.5) is 11.4 Å². The van der Waals surface area contributed by atoms with Gasteiger partial charge in [-0.3, -0.25) is 8.61 Å². The first kappa shape index (κ1) is 48.1. The minimum atomic E-state index is -3.77. The molecule has 0 aromatic heterocycles. The molecule has 4 aliphatic heterocycles. The van der Waals surface area contributed by atoms with Gasteiger partial charge in [0.25, 0.3) is 0 Å². The molecule has 364 valence electrons. The molecule has 0 spiro atoms. The normalized spacial score (nSPS) is 21.4. The molecule has 0 saturated carbocycles. The van der Waals surface area contributed by atoms with Gasteiger partial charge in [0, 0.05) is 13.1 Å². The van der Waals surface area contributed by atoms with E-state index in [1.807, 2.05) is 38.1 Å². The van der Waals surface area contributed by atoms with E-state index in [-0.39, 0.29) is 36.1 Å². The van der Waals surface area contributed by atoms with Crippen molar-refractivity contribution in [1.82, 2.24) is 0 Å². The predicted octanol–water partition coefficient (Wildman–Crippen LogP) is 8.83. The highest BCUT2D eigenvalue weighted by Crippen LogP contribution is 2.53. The third-order valence-corrected chi connectivity index (χ3v) is 17.9. The SMILES string of the molecule is CCN(c1ccc(OC)cc1)S(=O)(=O)[C@@H]1C[C@@H]2O[C@H]1C(c1ccc(O)cc1)=C2c1ccc(O)cc1.CCN(c1ccc(OC)cc1)S(=O)(=O)[C@H]1C[C@H]2O[C@@H]1C(c1ccc(O)cc1)=C2c1ccc(O)cc1. The van der Waals surface area contributed by atoms with Crippen LogP contribution in [0.3, 0.4) is 0 Å². The summed E-state index contributed by atoms with van der Waals surface area (Å²) in [5.74, 6) is 1.88. The van der Waals surface area contributed by atoms with E-state index in [2.05, 4.69) is 0 Å². The zero-order valence-electron chi connectivity index (χ0n) is 38.9. The number of anilines is 2. The van der Waals surface area contributed by atoms with E-state index < -0.39 is 55.0 Å². The van der Waals surface area contributed by atoms with E-state index >= 15 is 0 Å². The van der Waals surface area contributed by atoms with Crippen LogP contribution in [-0.4, -0.2) is 99.5 Å². The predicted molar refractivity (Wildman–Crippen MR) is 270 cm³/mol. The maximum absolute atomic E-state index is 13.9. The summed E-state index contributed by atoms with van der Waals surface area (Å²) in [6.45, 7) is 4.19. The Bertz CT molecular complexity index is 2910. The van der Waals surface area contributed by atoms with Gasteiger partial charge in [-0.05, 0) is 168 Å². The number of sulfonamides is 2. The van der Waals surface area contributed by atoms with E-state index in [0.717, 1.165) is 44.5 Å². The van der Waals surface area contributed by atoms with Gasteiger partial charge in [0.15, 0.2) is 0 Å². The van der Waals surface area contributed by atoms with Crippen molar-refractivity contribution in [3.63, 3.8) is 0 Å². The van der Waals surface area contributed by atoms with Crippen molar-refractivity contribution in [2.24, 2.45) is 0 Å².